The lowest BCUT2D eigenvalue weighted by Gasteiger charge is -2.11. The molecule has 0 spiro atoms. The zero-order chi connectivity index (χ0) is 15.1. The van der Waals surface area contributed by atoms with Gasteiger partial charge < -0.3 is 10.6 Å². The number of carbonyl (C=O) groups is 1. The number of unbranched alkanes of at least 4 members (excludes halogenated alkanes) is 2. The van der Waals surface area contributed by atoms with Crippen molar-refractivity contribution in [2.75, 3.05) is 13.1 Å². The van der Waals surface area contributed by atoms with E-state index in [0.29, 0.717) is 0 Å². The predicted octanol–water partition coefficient (Wildman–Crippen LogP) is 1.65. The van der Waals surface area contributed by atoms with Gasteiger partial charge >= 0.3 is 0 Å². The largest absolute Gasteiger partial charge is 0.354 e. The molecule has 6 nitrogen and oxygen atoms in total. The summed E-state index contributed by atoms with van der Waals surface area (Å²) in [6.45, 7) is 6.52. The Hall–Kier alpha value is -1.43. The first-order chi connectivity index (χ1) is 10.2. The van der Waals surface area contributed by atoms with Crippen LogP contribution in [0.15, 0.2) is 6.20 Å². The first-order valence-corrected chi connectivity index (χ1v) is 8.09. The molecule has 1 heterocycles. The van der Waals surface area contributed by atoms with Gasteiger partial charge in [0.25, 0.3) is 0 Å². The molecule has 6 heteroatoms. The van der Waals surface area contributed by atoms with Crippen LogP contribution in [0.4, 0.5) is 0 Å². The van der Waals surface area contributed by atoms with E-state index in [1.54, 1.807) is 4.68 Å². The van der Waals surface area contributed by atoms with E-state index < -0.39 is 0 Å². The summed E-state index contributed by atoms with van der Waals surface area (Å²) >= 11 is 0. The lowest BCUT2D eigenvalue weighted by atomic mass is 10.2. The van der Waals surface area contributed by atoms with Crippen molar-refractivity contribution in [2.45, 2.75) is 58.5 Å². The summed E-state index contributed by atoms with van der Waals surface area (Å²) in [6, 6.07) is -0.309. The second-order valence-electron chi connectivity index (χ2n) is 5.94. The molecule has 21 heavy (non-hydrogen) atoms. The molecule has 1 atom stereocenters. The van der Waals surface area contributed by atoms with E-state index in [4.69, 9.17) is 0 Å². The van der Waals surface area contributed by atoms with Crippen LogP contribution in [0.1, 0.15) is 57.7 Å². The maximum absolute atomic E-state index is 12.0. The highest BCUT2D eigenvalue weighted by atomic mass is 16.2. The van der Waals surface area contributed by atoms with Gasteiger partial charge in [-0.2, -0.15) is 0 Å². The van der Waals surface area contributed by atoms with E-state index in [9.17, 15) is 4.79 Å². The Bertz CT molecular complexity index is 441. The zero-order valence-electron chi connectivity index (χ0n) is 13.1. The molecule has 2 N–H and O–H groups in total. The Morgan fingerprint density at radius 1 is 1.48 bits per heavy atom. The third kappa shape index (κ3) is 5.46. The van der Waals surface area contributed by atoms with Crippen LogP contribution in [0.2, 0.25) is 0 Å². The minimum atomic E-state index is -0.309. The van der Waals surface area contributed by atoms with Crippen LogP contribution >= 0.6 is 0 Å². The number of amides is 1. The van der Waals surface area contributed by atoms with Crippen LogP contribution in [-0.2, 0) is 11.3 Å². The molecule has 0 aromatic carbocycles. The number of hydrogen-bond acceptors (Lipinski definition) is 4. The van der Waals surface area contributed by atoms with Gasteiger partial charge in [0.15, 0.2) is 0 Å². The third-order valence-corrected chi connectivity index (χ3v) is 3.85. The van der Waals surface area contributed by atoms with Gasteiger partial charge in [-0.15, -0.1) is 5.10 Å². The molecule has 1 aliphatic carbocycles. The first-order valence-electron chi connectivity index (χ1n) is 8.09. The van der Waals surface area contributed by atoms with Crippen LogP contribution in [0, 0.1) is 5.92 Å². The van der Waals surface area contributed by atoms with Crippen molar-refractivity contribution in [1.82, 2.24) is 25.6 Å². The summed E-state index contributed by atoms with van der Waals surface area (Å²) in [5.41, 5.74) is 0.890. The maximum atomic E-state index is 12.0. The highest BCUT2D eigenvalue weighted by Gasteiger charge is 2.20. The second kappa shape index (κ2) is 8.12. The van der Waals surface area contributed by atoms with Crippen LogP contribution in [-0.4, -0.2) is 34.0 Å². The number of carbonyl (C=O) groups excluding carboxylic acids is 1. The molecular formula is C15H27N5O. The van der Waals surface area contributed by atoms with Gasteiger partial charge in [-0.1, -0.05) is 25.0 Å². The van der Waals surface area contributed by atoms with Gasteiger partial charge in [-0.25, -0.2) is 4.68 Å². The van der Waals surface area contributed by atoms with Gasteiger partial charge in [0.2, 0.25) is 5.91 Å². The summed E-state index contributed by atoms with van der Waals surface area (Å²) in [5.74, 6) is 0.862. The normalized spacial score (nSPS) is 15.9. The highest BCUT2D eigenvalue weighted by molar-refractivity contribution is 5.79. The number of aromatic nitrogens is 3. The Morgan fingerprint density at radius 3 is 3.00 bits per heavy atom. The van der Waals surface area contributed by atoms with Gasteiger partial charge in [-0.05, 0) is 38.6 Å². The molecular weight excluding hydrogens is 266 g/mol. The zero-order valence-corrected chi connectivity index (χ0v) is 13.1. The summed E-state index contributed by atoms with van der Waals surface area (Å²) in [6.07, 6.45) is 7.88. The Kier molecular flexibility index (Phi) is 6.17. The first kappa shape index (κ1) is 15.9. The minimum absolute atomic E-state index is 0.00786. The van der Waals surface area contributed by atoms with Crippen molar-refractivity contribution >= 4 is 5.91 Å². The van der Waals surface area contributed by atoms with Gasteiger partial charge in [0.05, 0.1) is 11.9 Å². The third-order valence-electron chi connectivity index (χ3n) is 3.85. The predicted molar refractivity (Wildman–Crippen MR) is 81.7 cm³/mol. The van der Waals surface area contributed by atoms with Crippen molar-refractivity contribution in [3.8, 4) is 0 Å². The van der Waals surface area contributed by atoms with E-state index >= 15 is 0 Å². The number of nitrogens with zero attached hydrogens (tertiary/aromatic N) is 3. The quantitative estimate of drug-likeness (QED) is 0.643. The van der Waals surface area contributed by atoms with Gasteiger partial charge in [0, 0.05) is 13.1 Å². The SMILES string of the molecule is CCCCCNC(=O)C(C)n1cc(CNCC2CC2)nn1. The van der Waals surface area contributed by atoms with E-state index in [2.05, 4.69) is 27.9 Å². The second-order valence-corrected chi connectivity index (χ2v) is 5.94. The lowest BCUT2D eigenvalue weighted by Crippen LogP contribution is -2.32. The van der Waals surface area contributed by atoms with Crippen molar-refractivity contribution < 1.29 is 4.79 Å². The molecule has 0 saturated heterocycles. The number of rotatable bonds is 10. The standard InChI is InChI=1S/C15H27N5O/c1-3-4-5-8-17-15(21)12(2)20-11-14(18-19-20)10-16-9-13-6-7-13/h11-13,16H,3-10H2,1-2H3,(H,17,21). The fourth-order valence-electron chi connectivity index (χ4n) is 2.16. The molecule has 1 fully saturated rings. The van der Waals surface area contributed by atoms with E-state index in [1.165, 1.54) is 12.8 Å². The highest BCUT2D eigenvalue weighted by Crippen LogP contribution is 2.27. The van der Waals surface area contributed by atoms with E-state index in [0.717, 1.165) is 50.5 Å². The van der Waals surface area contributed by atoms with Crippen LogP contribution in [0.3, 0.4) is 0 Å². The van der Waals surface area contributed by atoms with Crippen molar-refractivity contribution in [3.63, 3.8) is 0 Å². The summed E-state index contributed by atoms with van der Waals surface area (Å²) in [7, 11) is 0. The monoisotopic (exact) mass is 293 g/mol. The molecule has 1 aromatic heterocycles. The summed E-state index contributed by atoms with van der Waals surface area (Å²) < 4.78 is 1.64. The molecule has 1 saturated carbocycles. The fourth-order valence-corrected chi connectivity index (χ4v) is 2.16. The maximum Gasteiger partial charge on any atom is 0.244 e. The minimum Gasteiger partial charge on any atom is -0.354 e. The summed E-state index contributed by atoms with van der Waals surface area (Å²) in [4.78, 5) is 12.0. The molecule has 1 aromatic rings. The topological polar surface area (TPSA) is 71.8 Å². The molecule has 1 aliphatic rings. The van der Waals surface area contributed by atoms with Crippen LogP contribution in [0.25, 0.3) is 0 Å². The fraction of sp³-hybridized carbons (Fsp3) is 0.800. The molecule has 2 rings (SSSR count). The molecule has 0 radical (unpaired) electrons. The molecule has 118 valence electrons. The Balaban J connectivity index is 1.71. The summed E-state index contributed by atoms with van der Waals surface area (Å²) in [5, 5.41) is 14.5. The van der Waals surface area contributed by atoms with E-state index in [-0.39, 0.29) is 11.9 Å². The lowest BCUT2D eigenvalue weighted by molar-refractivity contribution is -0.124. The van der Waals surface area contributed by atoms with Crippen LogP contribution in [0.5, 0.6) is 0 Å². The van der Waals surface area contributed by atoms with Gasteiger partial charge in [0.1, 0.15) is 6.04 Å². The Labute approximate surface area is 126 Å². The number of nitrogens with one attached hydrogen (secondary N) is 2. The Morgan fingerprint density at radius 2 is 2.29 bits per heavy atom. The van der Waals surface area contributed by atoms with E-state index in [1.807, 2.05) is 13.1 Å². The van der Waals surface area contributed by atoms with Crippen molar-refractivity contribution in [3.05, 3.63) is 11.9 Å². The van der Waals surface area contributed by atoms with Crippen molar-refractivity contribution in [1.29, 1.82) is 0 Å². The van der Waals surface area contributed by atoms with Crippen LogP contribution < -0.4 is 10.6 Å². The van der Waals surface area contributed by atoms with Crippen molar-refractivity contribution in [2.24, 2.45) is 5.92 Å². The van der Waals surface area contributed by atoms with Gasteiger partial charge in [-0.3, -0.25) is 4.79 Å². The molecule has 0 aliphatic heterocycles. The number of hydrogen-bond donors (Lipinski definition) is 2. The average Bonchev–Trinajstić information content (AvgIpc) is 3.19. The molecule has 1 amide bonds. The average molecular weight is 293 g/mol. The smallest absolute Gasteiger partial charge is 0.244 e. The molecule has 0 bridgehead atoms. The molecule has 1 unspecified atom stereocenters.